The predicted molar refractivity (Wildman–Crippen MR) is 107 cm³/mol. The van der Waals surface area contributed by atoms with Gasteiger partial charge in [0.2, 0.25) is 5.91 Å². The third kappa shape index (κ3) is 7.61. The number of anilines is 1. The van der Waals surface area contributed by atoms with Crippen LogP contribution in [0, 0.1) is 5.82 Å². The van der Waals surface area contributed by atoms with Crippen molar-refractivity contribution in [3.05, 3.63) is 65.5 Å². The van der Waals surface area contributed by atoms with E-state index in [2.05, 4.69) is 16.0 Å². The molecular weight excluding hydrogens is 377 g/mol. The molecule has 2 aromatic carbocycles. The third-order valence-corrected chi connectivity index (χ3v) is 3.62. The standard InChI is InChI=1S/C21H24FN3O4/c1-21(2,3)29-20(28)24-13-18(26)23-12-15-7-4-5-10-17(15)25-19(27)14-8-6-9-16(22)11-14/h4-11H,12-13H2,1-3H3,(H,23,26)(H,24,28)(H,25,27). The number of carbonyl (C=O) groups is 3. The minimum atomic E-state index is -0.685. The molecule has 3 N–H and O–H groups in total. The molecule has 0 unspecified atom stereocenters. The van der Waals surface area contributed by atoms with Crippen molar-refractivity contribution < 1.29 is 23.5 Å². The first-order valence-corrected chi connectivity index (χ1v) is 9.02. The van der Waals surface area contributed by atoms with E-state index in [-0.39, 0.29) is 18.7 Å². The second-order valence-corrected chi connectivity index (χ2v) is 7.25. The van der Waals surface area contributed by atoms with E-state index in [9.17, 15) is 18.8 Å². The number of nitrogens with one attached hydrogen (secondary N) is 3. The van der Waals surface area contributed by atoms with Crippen molar-refractivity contribution in [2.75, 3.05) is 11.9 Å². The van der Waals surface area contributed by atoms with Crippen LogP contribution in [0.5, 0.6) is 0 Å². The molecule has 0 fully saturated rings. The van der Waals surface area contributed by atoms with Crippen LogP contribution in [0.2, 0.25) is 0 Å². The number of ether oxygens (including phenoxy) is 1. The van der Waals surface area contributed by atoms with Crippen LogP contribution < -0.4 is 16.0 Å². The van der Waals surface area contributed by atoms with Crippen molar-refractivity contribution in [1.29, 1.82) is 0 Å². The predicted octanol–water partition coefficient (Wildman–Crippen LogP) is 3.22. The maximum atomic E-state index is 13.3. The number of benzene rings is 2. The Labute approximate surface area is 168 Å². The molecule has 0 radical (unpaired) electrons. The topological polar surface area (TPSA) is 96.5 Å². The van der Waals surface area contributed by atoms with Gasteiger partial charge in [-0.2, -0.15) is 0 Å². The number of alkyl carbamates (subject to hydrolysis) is 1. The van der Waals surface area contributed by atoms with Gasteiger partial charge in [-0.1, -0.05) is 24.3 Å². The Hall–Kier alpha value is -3.42. The van der Waals surface area contributed by atoms with Crippen LogP contribution in [0.3, 0.4) is 0 Å². The first-order valence-electron chi connectivity index (χ1n) is 9.02. The number of para-hydroxylation sites is 1. The SMILES string of the molecule is CC(C)(C)OC(=O)NCC(=O)NCc1ccccc1NC(=O)c1cccc(F)c1. The fraction of sp³-hybridized carbons (Fsp3) is 0.286. The van der Waals surface area contributed by atoms with E-state index in [1.807, 2.05) is 0 Å². The van der Waals surface area contributed by atoms with Gasteiger partial charge in [0, 0.05) is 17.8 Å². The molecule has 7 nitrogen and oxygen atoms in total. The van der Waals surface area contributed by atoms with Gasteiger partial charge >= 0.3 is 6.09 Å². The highest BCUT2D eigenvalue weighted by Gasteiger charge is 2.16. The van der Waals surface area contributed by atoms with Crippen molar-refractivity contribution in [1.82, 2.24) is 10.6 Å². The lowest BCUT2D eigenvalue weighted by Crippen LogP contribution is -2.39. The molecule has 0 aliphatic heterocycles. The fourth-order valence-electron chi connectivity index (χ4n) is 2.34. The Bertz CT molecular complexity index is 893. The lowest BCUT2D eigenvalue weighted by Gasteiger charge is -2.19. The molecule has 0 spiro atoms. The zero-order chi connectivity index (χ0) is 21.4. The number of hydrogen-bond acceptors (Lipinski definition) is 4. The molecule has 0 aliphatic carbocycles. The summed E-state index contributed by atoms with van der Waals surface area (Å²) in [5.41, 5.74) is 0.676. The summed E-state index contributed by atoms with van der Waals surface area (Å²) in [6.45, 7) is 5.06. The number of amides is 3. The smallest absolute Gasteiger partial charge is 0.408 e. The van der Waals surface area contributed by atoms with Crippen LogP contribution in [0.4, 0.5) is 14.9 Å². The second kappa shape index (κ2) is 9.68. The van der Waals surface area contributed by atoms with Crippen LogP contribution in [0.1, 0.15) is 36.7 Å². The summed E-state index contributed by atoms with van der Waals surface area (Å²) in [6, 6.07) is 12.3. The summed E-state index contributed by atoms with van der Waals surface area (Å²) in [7, 11) is 0. The zero-order valence-corrected chi connectivity index (χ0v) is 16.5. The molecule has 2 rings (SSSR count). The lowest BCUT2D eigenvalue weighted by atomic mass is 10.1. The van der Waals surface area contributed by atoms with Gasteiger partial charge in [0.05, 0.1) is 0 Å². The van der Waals surface area contributed by atoms with Crippen LogP contribution in [0.15, 0.2) is 48.5 Å². The summed E-state index contributed by atoms with van der Waals surface area (Å²) >= 11 is 0. The van der Waals surface area contributed by atoms with Crippen LogP contribution in [0.25, 0.3) is 0 Å². The minimum Gasteiger partial charge on any atom is -0.444 e. The molecular formula is C21H24FN3O4. The average Bonchev–Trinajstić information content (AvgIpc) is 2.64. The van der Waals surface area contributed by atoms with E-state index < -0.39 is 29.3 Å². The first kappa shape index (κ1) is 21.9. The van der Waals surface area contributed by atoms with Crippen molar-refractivity contribution >= 4 is 23.6 Å². The highest BCUT2D eigenvalue weighted by Crippen LogP contribution is 2.16. The maximum absolute atomic E-state index is 13.3. The molecule has 29 heavy (non-hydrogen) atoms. The second-order valence-electron chi connectivity index (χ2n) is 7.25. The number of rotatable bonds is 6. The van der Waals surface area contributed by atoms with Crippen molar-refractivity contribution in [3.63, 3.8) is 0 Å². The highest BCUT2D eigenvalue weighted by atomic mass is 19.1. The first-order chi connectivity index (χ1) is 13.6. The Balaban J connectivity index is 1.91. The summed E-state index contributed by atoms with van der Waals surface area (Å²) in [5.74, 6) is -1.38. The van der Waals surface area contributed by atoms with E-state index >= 15 is 0 Å². The summed E-state index contributed by atoms with van der Waals surface area (Å²) in [6.07, 6.45) is -0.685. The average molecular weight is 401 g/mol. The van der Waals surface area contributed by atoms with Gasteiger partial charge in [0.1, 0.15) is 18.0 Å². The normalized spacial score (nSPS) is 10.8. The highest BCUT2D eigenvalue weighted by molar-refractivity contribution is 6.04. The molecule has 0 aromatic heterocycles. The molecule has 0 atom stereocenters. The molecule has 0 saturated carbocycles. The van der Waals surface area contributed by atoms with E-state index in [4.69, 9.17) is 4.74 Å². The molecule has 2 aromatic rings. The summed E-state index contributed by atoms with van der Waals surface area (Å²) < 4.78 is 18.4. The van der Waals surface area contributed by atoms with Crippen molar-refractivity contribution in [2.24, 2.45) is 0 Å². The van der Waals surface area contributed by atoms with Crippen LogP contribution in [-0.4, -0.2) is 30.1 Å². The molecule has 8 heteroatoms. The summed E-state index contributed by atoms with van der Waals surface area (Å²) in [5, 5.41) is 7.74. The van der Waals surface area contributed by atoms with Crippen molar-refractivity contribution in [2.45, 2.75) is 32.9 Å². The van der Waals surface area contributed by atoms with Crippen LogP contribution in [-0.2, 0) is 16.1 Å². The molecule has 0 saturated heterocycles. The van der Waals surface area contributed by atoms with Gasteiger partial charge in [0.15, 0.2) is 0 Å². The molecule has 0 bridgehead atoms. The number of hydrogen-bond donors (Lipinski definition) is 3. The summed E-state index contributed by atoms with van der Waals surface area (Å²) in [4.78, 5) is 35.9. The fourth-order valence-corrected chi connectivity index (χ4v) is 2.34. The zero-order valence-electron chi connectivity index (χ0n) is 16.5. The molecule has 3 amide bonds. The van der Waals surface area contributed by atoms with E-state index in [0.29, 0.717) is 11.3 Å². The van der Waals surface area contributed by atoms with Crippen molar-refractivity contribution in [3.8, 4) is 0 Å². The third-order valence-electron chi connectivity index (χ3n) is 3.62. The van der Waals surface area contributed by atoms with Gasteiger partial charge in [-0.15, -0.1) is 0 Å². The van der Waals surface area contributed by atoms with E-state index in [1.54, 1.807) is 45.0 Å². The minimum absolute atomic E-state index is 0.133. The van der Waals surface area contributed by atoms with Gasteiger partial charge in [-0.3, -0.25) is 9.59 Å². The van der Waals surface area contributed by atoms with Gasteiger partial charge in [-0.05, 0) is 50.6 Å². The maximum Gasteiger partial charge on any atom is 0.408 e. The Kier molecular flexibility index (Phi) is 7.30. The monoisotopic (exact) mass is 401 g/mol. The van der Waals surface area contributed by atoms with E-state index in [0.717, 1.165) is 6.07 Å². The van der Waals surface area contributed by atoms with Crippen LogP contribution >= 0.6 is 0 Å². The quantitative estimate of drug-likeness (QED) is 0.692. The molecule has 154 valence electrons. The Morgan fingerprint density at radius 1 is 1.00 bits per heavy atom. The molecule has 0 heterocycles. The molecule has 0 aliphatic rings. The number of halogens is 1. The van der Waals surface area contributed by atoms with Gasteiger partial charge < -0.3 is 20.7 Å². The van der Waals surface area contributed by atoms with E-state index in [1.165, 1.54) is 18.2 Å². The van der Waals surface area contributed by atoms with Gasteiger partial charge in [0.25, 0.3) is 5.91 Å². The Morgan fingerprint density at radius 3 is 2.41 bits per heavy atom. The number of carbonyl (C=O) groups excluding carboxylic acids is 3. The van der Waals surface area contributed by atoms with Gasteiger partial charge in [-0.25, -0.2) is 9.18 Å². The Morgan fingerprint density at radius 2 is 1.72 bits per heavy atom. The largest absolute Gasteiger partial charge is 0.444 e. The lowest BCUT2D eigenvalue weighted by molar-refractivity contribution is -0.120.